The number of aliphatic hydroxyl groups is 1. The van der Waals surface area contributed by atoms with Crippen LogP contribution in [-0.4, -0.2) is 24.8 Å². The standard InChI is InChI=1S/C10H18N2O/c1-12-7-9(13)6-10(8-11)4-2-3-5-10/h9,12-13H,2-7H2,1H3/t9-/m0/s1. The van der Waals surface area contributed by atoms with Gasteiger partial charge in [0, 0.05) is 6.54 Å². The molecule has 1 fully saturated rings. The number of hydrogen-bond donors (Lipinski definition) is 2. The van der Waals surface area contributed by atoms with Crippen molar-refractivity contribution >= 4 is 0 Å². The van der Waals surface area contributed by atoms with Crippen molar-refractivity contribution in [2.45, 2.75) is 38.2 Å². The van der Waals surface area contributed by atoms with E-state index in [1.54, 1.807) is 0 Å². The molecule has 3 nitrogen and oxygen atoms in total. The zero-order valence-corrected chi connectivity index (χ0v) is 8.21. The number of nitrogens with zero attached hydrogens (tertiary/aromatic N) is 1. The van der Waals surface area contributed by atoms with Crippen molar-refractivity contribution in [3.8, 4) is 6.07 Å². The summed E-state index contributed by atoms with van der Waals surface area (Å²) >= 11 is 0. The highest BCUT2D eigenvalue weighted by Crippen LogP contribution is 2.41. The normalized spacial score (nSPS) is 22.5. The molecule has 0 radical (unpaired) electrons. The number of rotatable bonds is 4. The Hall–Kier alpha value is -0.590. The van der Waals surface area contributed by atoms with Gasteiger partial charge in [-0.05, 0) is 26.3 Å². The summed E-state index contributed by atoms with van der Waals surface area (Å²) in [7, 11) is 1.82. The van der Waals surface area contributed by atoms with Gasteiger partial charge in [0.15, 0.2) is 0 Å². The van der Waals surface area contributed by atoms with Gasteiger partial charge in [0.2, 0.25) is 0 Å². The highest BCUT2D eigenvalue weighted by atomic mass is 16.3. The van der Waals surface area contributed by atoms with E-state index in [1.807, 2.05) is 7.05 Å². The molecule has 0 saturated heterocycles. The van der Waals surface area contributed by atoms with E-state index < -0.39 is 0 Å². The molecule has 0 amide bonds. The summed E-state index contributed by atoms with van der Waals surface area (Å²) in [6.07, 6.45) is 4.46. The Labute approximate surface area is 79.8 Å². The van der Waals surface area contributed by atoms with Crippen LogP contribution in [0.15, 0.2) is 0 Å². The predicted octanol–water partition coefficient (Wildman–Crippen LogP) is 1.04. The minimum absolute atomic E-state index is 0.226. The second-order valence-corrected chi connectivity index (χ2v) is 4.01. The van der Waals surface area contributed by atoms with Crippen LogP contribution in [0.3, 0.4) is 0 Å². The molecule has 0 aromatic rings. The molecule has 0 spiro atoms. The number of nitrogens with one attached hydrogen (secondary N) is 1. The van der Waals surface area contributed by atoms with Crippen LogP contribution in [0.1, 0.15) is 32.1 Å². The molecular formula is C10H18N2O. The molecule has 74 valence electrons. The van der Waals surface area contributed by atoms with E-state index in [2.05, 4.69) is 11.4 Å². The van der Waals surface area contributed by atoms with E-state index in [-0.39, 0.29) is 11.5 Å². The average molecular weight is 182 g/mol. The maximum absolute atomic E-state index is 9.59. The molecule has 2 N–H and O–H groups in total. The van der Waals surface area contributed by atoms with E-state index in [4.69, 9.17) is 5.26 Å². The lowest BCUT2D eigenvalue weighted by atomic mass is 9.82. The van der Waals surface area contributed by atoms with Gasteiger partial charge in [-0.25, -0.2) is 0 Å². The van der Waals surface area contributed by atoms with Crippen molar-refractivity contribution in [1.29, 1.82) is 5.26 Å². The number of likely N-dealkylation sites (N-methyl/N-ethyl adjacent to an activating group) is 1. The maximum atomic E-state index is 9.59. The van der Waals surface area contributed by atoms with Crippen LogP contribution in [-0.2, 0) is 0 Å². The van der Waals surface area contributed by atoms with Crippen LogP contribution >= 0.6 is 0 Å². The Kier molecular flexibility index (Phi) is 3.71. The molecule has 0 heterocycles. The van der Waals surface area contributed by atoms with Gasteiger partial charge >= 0.3 is 0 Å². The summed E-state index contributed by atoms with van der Waals surface area (Å²) in [5.41, 5.74) is -0.226. The van der Waals surface area contributed by atoms with Crippen molar-refractivity contribution in [2.75, 3.05) is 13.6 Å². The summed E-state index contributed by atoms with van der Waals surface area (Å²) in [5, 5.41) is 21.6. The molecule has 0 unspecified atom stereocenters. The molecule has 1 aliphatic rings. The minimum atomic E-state index is -0.372. The summed E-state index contributed by atoms with van der Waals surface area (Å²) in [4.78, 5) is 0. The molecule has 13 heavy (non-hydrogen) atoms. The van der Waals surface area contributed by atoms with E-state index >= 15 is 0 Å². The Morgan fingerprint density at radius 2 is 2.15 bits per heavy atom. The third-order valence-corrected chi connectivity index (χ3v) is 2.86. The van der Waals surface area contributed by atoms with Gasteiger partial charge in [0.05, 0.1) is 17.6 Å². The fourth-order valence-corrected chi connectivity index (χ4v) is 2.17. The van der Waals surface area contributed by atoms with Crippen LogP contribution in [0.25, 0.3) is 0 Å². The smallest absolute Gasteiger partial charge is 0.0690 e. The van der Waals surface area contributed by atoms with Crippen LogP contribution in [0.2, 0.25) is 0 Å². The molecular weight excluding hydrogens is 164 g/mol. The predicted molar refractivity (Wildman–Crippen MR) is 51.1 cm³/mol. The first-order valence-electron chi connectivity index (χ1n) is 4.96. The fraction of sp³-hybridized carbons (Fsp3) is 0.900. The quantitative estimate of drug-likeness (QED) is 0.683. The Balaban J connectivity index is 2.44. The summed E-state index contributed by atoms with van der Waals surface area (Å²) < 4.78 is 0. The SMILES string of the molecule is CNC[C@@H](O)CC1(C#N)CCCC1. The lowest BCUT2D eigenvalue weighted by Gasteiger charge is -2.23. The van der Waals surface area contributed by atoms with Crippen LogP contribution in [0.4, 0.5) is 0 Å². The van der Waals surface area contributed by atoms with Crippen LogP contribution in [0, 0.1) is 16.7 Å². The summed E-state index contributed by atoms with van der Waals surface area (Å²) in [6, 6.07) is 2.38. The largest absolute Gasteiger partial charge is 0.392 e. The highest BCUT2D eigenvalue weighted by Gasteiger charge is 2.35. The van der Waals surface area contributed by atoms with Crippen LogP contribution in [0.5, 0.6) is 0 Å². The molecule has 1 aliphatic carbocycles. The molecule has 0 aliphatic heterocycles. The molecule has 0 bridgehead atoms. The van der Waals surface area contributed by atoms with Crippen molar-refractivity contribution in [2.24, 2.45) is 5.41 Å². The lowest BCUT2D eigenvalue weighted by molar-refractivity contribution is 0.123. The molecule has 1 rings (SSSR count). The van der Waals surface area contributed by atoms with E-state index in [1.165, 1.54) is 0 Å². The Bertz CT molecular complexity index is 192. The zero-order valence-electron chi connectivity index (χ0n) is 8.21. The van der Waals surface area contributed by atoms with Gasteiger partial charge in [-0.3, -0.25) is 0 Å². The Morgan fingerprint density at radius 3 is 2.62 bits per heavy atom. The van der Waals surface area contributed by atoms with Crippen molar-refractivity contribution in [3.63, 3.8) is 0 Å². The first kappa shape index (κ1) is 10.5. The third-order valence-electron chi connectivity index (χ3n) is 2.86. The monoisotopic (exact) mass is 182 g/mol. The topological polar surface area (TPSA) is 56.0 Å². The first-order valence-corrected chi connectivity index (χ1v) is 4.96. The fourth-order valence-electron chi connectivity index (χ4n) is 2.17. The highest BCUT2D eigenvalue weighted by molar-refractivity contribution is 5.02. The number of hydrogen-bond acceptors (Lipinski definition) is 3. The van der Waals surface area contributed by atoms with Gasteiger partial charge < -0.3 is 10.4 Å². The first-order chi connectivity index (χ1) is 6.22. The summed E-state index contributed by atoms with van der Waals surface area (Å²) in [6.45, 7) is 0.587. The van der Waals surface area contributed by atoms with Crippen molar-refractivity contribution in [3.05, 3.63) is 0 Å². The molecule has 1 saturated carbocycles. The van der Waals surface area contributed by atoms with Gasteiger partial charge in [-0.15, -0.1) is 0 Å². The Morgan fingerprint density at radius 1 is 1.54 bits per heavy atom. The van der Waals surface area contributed by atoms with Crippen LogP contribution < -0.4 is 5.32 Å². The molecule has 0 aromatic carbocycles. The lowest BCUT2D eigenvalue weighted by Crippen LogP contribution is -2.29. The van der Waals surface area contributed by atoms with Gasteiger partial charge in [-0.1, -0.05) is 12.8 Å². The second-order valence-electron chi connectivity index (χ2n) is 4.01. The van der Waals surface area contributed by atoms with E-state index in [0.29, 0.717) is 13.0 Å². The van der Waals surface area contributed by atoms with Crippen molar-refractivity contribution in [1.82, 2.24) is 5.32 Å². The molecule has 3 heteroatoms. The van der Waals surface area contributed by atoms with E-state index in [9.17, 15) is 5.11 Å². The number of nitriles is 1. The van der Waals surface area contributed by atoms with Gasteiger partial charge in [0.1, 0.15) is 0 Å². The molecule has 0 aromatic heterocycles. The summed E-state index contributed by atoms with van der Waals surface area (Å²) in [5.74, 6) is 0. The van der Waals surface area contributed by atoms with Crippen molar-refractivity contribution < 1.29 is 5.11 Å². The molecule has 1 atom stereocenters. The van der Waals surface area contributed by atoms with Gasteiger partial charge in [0.25, 0.3) is 0 Å². The third kappa shape index (κ3) is 2.68. The van der Waals surface area contributed by atoms with Gasteiger partial charge in [-0.2, -0.15) is 5.26 Å². The maximum Gasteiger partial charge on any atom is 0.0690 e. The zero-order chi connectivity index (χ0) is 9.73. The van der Waals surface area contributed by atoms with E-state index in [0.717, 1.165) is 25.7 Å². The average Bonchev–Trinajstić information content (AvgIpc) is 2.54. The minimum Gasteiger partial charge on any atom is -0.392 e. The number of aliphatic hydroxyl groups excluding tert-OH is 1. The second kappa shape index (κ2) is 4.59.